The molecule has 27 heavy (non-hydrogen) atoms. The van der Waals surface area contributed by atoms with Crippen molar-refractivity contribution in [3.8, 4) is 0 Å². The highest BCUT2D eigenvalue weighted by atomic mass is 32.2. The number of nitrogens with zero attached hydrogens (tertiary/aromatic N) is 1. The van der Waals surface area contributed by atoms with Gasteiger partial charge in [-0.05, 0) is 54.8 Å². The van der Waals surface area contributed by atoms with Crippen molar-refractivity contribution in [2.45, 2.75) is 13.3 Å². The summed E-state index contributed by atoms with van der Waals surface area (Å²) in [5.41, 5.74) is 3.72. The Morgan fingerprint density at radius 3 is 2.37 bits per heavy atom. The lowest BCUT2D eigenvalue weighted by molar-refractivity contribution is 0.0961. The Morgan fingerprint density at radius 1 is 1.04 bits per heavy atom. The minimum absolute atomic E-state index is 0.233. The van der Waals surface area contributed by atoms with Gasteiger partial charge in [-0.2, -0.15) is 0 Å². The summed E-state index contributed by atoms with van der Waals surface area (Å²) in [6.07, 6.45) is 1.74. The second-order valence-corrected chi connectivity index (χ2v) is 8.40. The third-order valence-electron chi connectivity index (χ3n) is 4.57. The summed E-state index contributed by atoms with van der Waals surface area (Å²) in [5.74, 6) is -0.545. The van der Waals surface area contributed by atoms with Crippen LogP contribution < -0.4 is 14.9 Å². The number of fused-ring (bicyclic) bond motifs is 1. The molecular formula is C19H21N3O4S. The first-order chi connectivity index (χ1) is 12.7. The van der Waals surface area contributed by atoms with E-state index in [1.54, 1.807) is 43.4 Å². The molecule has 8 heteroatoms. The molecule has 0 unspecified atom stereocenters. The molecule has 0 aliphatic carbocycles. The van der Waals surface area contributed by atoms with E-state index in [0.717, 1.165) is 11.1 Å². The Bertz CT molecular complexity index is 1030. The fraction of sp³-hybridized carbons (Fsp3) is 0.263. The van der Waals surface area contributed by atoms with E-state index < -0.39 is 10.0 Å². The lowest BCUT2D eigenvalue weighted by Crippen LogP contribution is -2.27. The summed E-state index contributed by atoms with van der Waals surface area (Å²) in [6.45, 7) is 2.22. The van der Waals surface area contributed by atoms with Gasteiger partial charge < -0.3 is 10.6 Å². The van der Waals surface area contributed by atoms with Crippen molar-refractivity contribution in [3.63, 3.8) is 0 Å². The Kier molecular flexibility index (Phi) is 4.93. The summed E-state index contributed by atoms with van der Waals surface area (Å²) < 4.78 is 25.0. The second-order valence-electron chi connectivity index (χ2n) is 6.49. The van der Waals surface area contributed by atoms with Crippen LogP contribution in [0, 0.1) is 6.92 Å². The van der Waals surface area contributed by atoms with Crippen LogP contribution in [0.3, 0.4) is 0 Å². The Balaban J connectivity index is 1.85. The summed E-state index contributed by atoms with van der Waals surface area (Å²) in [6, 6.07) is 10.1. The quantitative estimate of drug-likeness (QED) is 0.838. The topological polar surface area (TPSA) is 95.6 Å². The zero-order chi connectivity index (χ0) is 19.8. The maximum Gasteiger partial charge on any atom is 0.255 e. The molecule has 0 fully saturated rings. The van der Waals surface area contributed by atoms with E-state index in [1.807, 2.05) is 6.92 Å². The molecule has 1 aliphatic heterocycles. The fourth-order valence-corrected chi connectivity index (χ4v) is 4.05. The van der Waals surface area contributed by atoms with E-state index in [1.165, 1.54) is 10.6 Å². The number of amides is 2. The van der Waals surface area contributed by atoms with Crippen molar-refractivity contribution in [1.82, 2.24) is 5.32 Å². The van der Waals surface area contributed by atoms with Crippen molar-refractivity contribution in [2.24, 2.45) is 0 Å². The van der Waals surface area contributed by atoms with E-state index in [4.69, 9.17) is 0 Å². The second kappa shape index (κ2) is 7.03. The maximum absolute atomic E-state index is 12.7. The van der Waals surface area contributed by atoms with Gasteiger partial charge in [0.1, 0.15) is 0 Å². The van der Waals surface area contributed by atoms with Crippen LogP contribution >= 0.6 is 0 Å². The number of sulfonamides is 1. The predicted octanol–water partition coefficient (Wildman–Crippen LogP) is 1.93. The smallest absolute Gasteiger partial charge is 0.255 e. The van der Waals surface area contributed by atoms with Crippen LogP contribution in [-0.4, -0.2) is 40.1 Å². The first-order valence-corrected chi connectivity index (χ1v) is 10.3. The third kappa shape index (κ3) is 3.80. The standard InChI is InChI=1S/C19H21N3O4S/c1-12-4-5-15(18(23)20-2)11-16(12)21-19(24)14-6-7-17-13(10-14)8-9-22(17)27(3,25)26/h4-7,10-11H,8-9H2,1-3H3,(H,20,23)(H,21,24). The highest BCUT2D eigenvalue weighted by Crippen LogP contribution is 2.31. The molecule has 2 aromatic carbocycles. The largest absolute Gasteiger partial charge is 0.355 e. The van der Waals surface area contributed by atoms with Gasteiger partial charge in [0.15, 0.2) is 0 Å². The van der Waals surface area contributed by atoms with Gasteiger partial charge >= 0.3 is 0 Å². The summed E-state index contributed by atoms with van der Waals surface area (Å²) in [5, 5.41) is 5.38. The molecule has 0 bridgehead atoms. The van der Waals surface area contributed by atoms with Gasteiger partial charge in [0.25, 0.3) is 11.8 Å². The molecule has 0 radical (unpaired) electrons. The Hall–Kier alpha value is -2.87. The van der Waals surface area contributed by atoms with Crippen molar-refractivity contribution in [3.05, 3.63) is 58.7 Å². The number of anilines is 2. The molecule has 0 aromatic heterocycles. The first kappa shape index (κ1) is 18.9. The van der Waals surface area contributed by atoms with Crippen LogP contribution in [-0.2, 0) is 16.4 Å². The van der Waals surface area contributed by atoms with Crippen molar-refractivity contribution < 1.29 is 18.0 Å². The van der Waals surface area contributed by atoms with E-state index in [0.29, 0.717) is 35.5 Å². The van der Waals surface area contributed by atoms with Gasteiger partial charge in [0.05, 0.1) is 11.9 Å². The van der Waals surface area contributed by atoms with Crippen molar-refractivity contribution in [2.75, 3.05) is 29.5 Å². The number of hydrogen-bond acceptors (Lipinski definition) is 4. The normalized spacial score (nSPS) is 13.2. The summed E-state index contributed by atoms with van der Waals surface area (Å²) in [7, 11) is -1.78. The molecule has 142 valence electrons. The molecule has 0 saturated heterocycles. The lowest BCUT2D eigenvalue weighted by Gasteiger charge is -2.16. The molecule has 2 aromatic rings. The first-order valence-electron chi connectivity index (χ1n) is 8.45. The number of aryl methyl sites for hydroxylation is 1. The van der Waals surface area contributed by atoms with Crippen LogP contribution in [0.15, 0.2) is 36.4 Å². The third-order valence-corrected chi connectivity index (χ3v) is 5.75. The van der Waals surface area contributed by atoms with Crippen LogP contribution in [0.2, 0.25) is 0 Å². The zero-order valence-corrected chi connectivity index (χ0v) is 16.2. The van der Waals surface area contributed by atoms with Crippen molar-refractivity contribution >= 4 is 33.2 Å². The van der Waals surface area contributed by atoms with Gasteiger partial charge in [-0.1, -0.05) is 6.07 Å². The minimum Gasteiger partial charge on any atom is -0.355 e. The minimum atomic E-state index is -3.32. The van der Waals surface area contributed by atoms with Crippen LogP contribution in [0.4, 0.5) is 11.4 Å². The number of hydrogen-bond donors (Lipinski definition) is 2. The van der Waals surface area contributed by atoms with E-state index in [2.05, 4.69) is 10.6 Å². The Labute approximate surface area is 158 Å². The average molecular weight is 387 g/mol. The molecule has 0 atom stereocenters. The number of rotatable bonds is 4. The molecule has 7 nitrogen and oxygen atoms in total. The van der Waals surface area contributed by atoms with Crippen LogP contribution in [0.1, 0.15) is 31.8 Å². The molecule has 3 rings (SSSR count). The van der Waals surface area contributed by atoms with Gasteiger partial charge in [-0.3, -0.25) is 13.9 Å². The van der Waals surface area contributed by atoms with E-state index in [-0.39, 0.29) is 11.8 Å². The maximum atomic E-state index is 12.7. The molecule has 0 saturated carbocycles. The fourth-order valence-electron chi connectivity index (χ4n) is 3.09. The number of nitrogens with one attached hydrogen (secondary N) is 2. The van der Waals surface area contributed by atoms with E-state index >= 15 is 0 Å². The van der Waals surface area contributed by atoms with Crippen LogP contribution in [0.25, 0.3) is 0 Å². The average Bonchev–Trinajstić information content (AvgIpc) is 3.06. The molecular weight excluding hydrogens is 366 g/mol. The highest BCUT2D eigenvalue weighted by Gasteiger charge is 2.26. The summed E-state index contributed by atoms with van der Waals surface area (Å²) in [4.78, 5) is 24.4. The van der Waals surface area contributed by atoms with Gasteiger partial charge in [-0.15, -0.1) is 0 Å². The predicted molar refractivity (Wildman–Crippen MR) is 105 cm³/mol. The molecule has 2 amide bonds. The van der Waals surface area contributed by atoms with Gasteiger partial charge in [0, 0.05) is 30.4 Å². The Morgan fingerprint density at radius 2 is 1.70 bits per heavy atom. The van der Waals surface area contributed by atoms with Crippen molar-refractivity contribution in [1.29, 1.82) is 0 Å². The van der Waals surface area contributed by atoms with E-state index in [9.17, 15) is 18.0 Å². The SMILES string of the molecule is CNC(=O)c1ccc(C)c(NC(=O)c2ccc3c(c2)CCN3S(C)(=O)=O)c1. The molecule has 0 spiro atoms. The van der Waals surface area contributed by atoms with Gasteiger partial charge in [-0.25, -0.2) is 8.42 Å². The summed E-state index contributed by atoms with van der Waals surface area (Å²) >= 11 is 0. The number of benzene rings is 2. The van der Waals surface area contributed by atoms with Crippen LogP contribution in [0.5, 0.6) is 0 Å². The lowest BCUT2D eigenvalue weighted by atomic mass is 10.1. The highest BCUT2D eigenvalue weighted by molar-refractivity contribution is 7.92. The molecule has 1 aliphatic rings. The molecule has 2 N–H and O–H groups in total. The molecule has 1 heterocycles. The number of carbonyl (C=O) groups is 2. The van der Waals surface area contributed by atoms with Gasteiger partial charge in [0.2, 0.25) is 10.0 Å². The monoisotopic (exact) mass is 387 g/mol. The number of carbonyl (C=O) groups excluding carboxylic acids is 2. The zero-order valence-electron chi connectivity index (χ0n) is 15.4.